The van der Waals surface area contributed by atoms with Gasteiger partial charge in [0, 0.05) is 27.7 Å². The Kier molecular flexibility index (Phi) is 5.49. The second-order valence-electron chi connectivity index (χ2n) is 6.44. The highest BCUT2D eigenvalue weighted by atomic mass is 79.9. The number of rotatable bonds is 5. The fourth-order valence-electron chi connectivity index (χ4n) is 2.38. The standard InChI is InChI=1S/C18H20BrNO4/c1-18(2,3)16-10-13(19)9-12(17(16)23-4)11-24-15-7-5-14(6-8-15)20(21)22/h5-10H,11H2,1-4H3. The second-order valence-corrected chi connectivity index (χ2v) is 7.35. The summed E-state index contributed by atoms with van der Waals surface area (Å²) in [6, 6.07) is 10.0. The molecule has 2 rings (SSSR count). The lowest BCUT2D eigenvalue weighted by molar-refractivity contribution is -0.384. The van der Waals surface area contributed by atoms with Crippen LogP contribution < -0.4 is 9.47 Å². The van der Waals surface area contributed by atoms with Crippen molar-refractivity contribution in [3.63, 3.8) is 0 Å². The molecule has 0 saturated heterocycles. The molecule has 0 N–H and O–H groups in total. The summed E-state index contributed by atoms with van der Waals surface area (Å²) in [5, 5.41) is 10.7. The number of nitro benzene ring substituents is 1. The van der Waals surface area contributed by atoms with Crippen molar-refractivity contribution in [1.82, 2.24) is 0 Å². The summed E-state index contributed by atoms with van der Waals surface area (Å²) in [5.41, 5.74) is 1.96. The van der Waals surface area contributed by atoms with Crippen molar-refractivity contribution < 1.29 is 14.4 Å². The maximum Gasteiger partial charge on any atom is 0.269 e. The molecule has 2 aromatic carbocycles. The Bertz CT molecular complexity index is 736. The number of hydrogen-bond donors (Lipinski definition) is 0. The van der Waals surface area contributed by atoms with Crippen LogP contribution in [0.5, 0.6) is 11.5 Å². The third kappa shape index (κ3) is 4.26. The molecule has 2 aromatic rings. The molecule has 0 aliphatic rings. The van der Waals surface area contributed by atoms with Crippen molar-refractivity contribution in [3.05, 3.63) is 62.1 Å². The summed E-state index contributed by atoms with van der Waals surface area (Å²) in [4.78, 5) is 10.3. The van der Waals surface area contributed by atoms with E-state index in [2.05, 4.69) is 36.7 Å². The number of non-ortho nitro benzene ring substituents is 1. The first-order chi connectivity index (χ1) is 11.2. The molecule has 0 aromatic heterocycles. The summed E-state index contributed by atoms with van der Waals surface area (Å²) in [5.74, 6) is 1.37. The number of nitro groups is 1. The smallest absolute Gasteiger partial charge is 0.269 e. The van der Waals surface area contributed by atoms with Gasteiger partial charge in [0.05, 0.1) is 12.0 Å². The highest BCUT2D eigenvalue weighted by molar-refractivity contribution is 9.10. The molecule has 24 heavy (non-hydrogen) atoms. The van der Waals surface area contributed by atoms with Gasteiger partial charge in [0.1, 0.15) is 18.1 Å². The summed E-state index contributed by atoms with van der Waals surface area (Å²) < 4.78 is 12.3. The lowest BCUT2D eigenvalue weighted by atomic mass is 9.85. The van der Waals surface area contributed by atoms with Crippen molar-refractivity contribution >= 4 is 21.6 Å². The SMILES string of the molecule is COc1c(COc2ccc([N+](=O)[O-])cc2)cc(Br)cc1C(C)(C)C. The van der Waals surface area contributed by atoms with Crippen LogP contribution in [0.1, 0.15) is 31.9 Å². The first-order valence-corrected chi connectivity index (χ1v) is 8.26. The van der Waals surface area contributed by atoms with E-state index in [0.717, 1.165) is 21.3 Å². The summed E-state index contributed by atoms with van der Waals surface area (Å²) in [6.45, 7) is 6.68. The summed E-state index contributed by atoms with van der Waals surface area (Å²) >= 11 is 3.53. The second kappa shape index (κ2) is 7.21. The fourth-order valence-corrected chi connectivity index (χ4v) is 2.89. The van der Waals surface area contributed by atoms with Crippen LogP contribution in [0.15, 0.2) is 40.9 Å². The van der Waals surface area contributed by atoms with E-state index >= 15 is 0 Å². The van der Waals surface area contributed by atoms with Crippen LogP contribution in [0.4, 0.5) is 5.69 Å². The monoisotopic (exact) mass is 393 g/mol. The van der Waals surface area contributed by atoms with E-state index in [-0.39, 0.29) is 11.1 Å². The molecular weight excluding hydrogens is 374 g/mol. The number of ether oxygens (including phenoxy) is 2. The molecule has 0 radical (unpaired) electrons. The average Bonchev–Trinajstić information content (AvgIpc) is 2.51. The van der Waals surface area contributed by atoms with Crippen LogP contribution in [-0.4, -0.2) is 12.0 Å². The normalized spacial score (nSPS) is 11.2. The van der Waals surface area contributed by atoms with Gasteiger partial charge in [-0.15, -0.1) is 0 Å². The van der Waals surface area contributed by atoms with Gasteiger partial charge in [-0.2, -0.15) is 0 Å². The molecule has 5 nitrogen and oxygen atoms in total. The molecule has 0 unspecified atom stereocenters. The third-order valence-electron chi connectivity index (χ3n) is 3.58. The van der Waals surface area contributed by atoms with Crippen LogP contribution >= 0.6 is 15.9 Å². The zero-order valence-corrected chi connectivity index (χ0v) is 15.7. The van der Waals surface area contributed by atoms with Gasteiger partial charge in [-0.1, -0.05) is 36.7 Å². The van der Waals surface area contributed by atoms with E-state index in [4.69, 9.17) is 9.47 Å². The zero-order chi connectivity index (χ0) is 17.9. The number of nitrogens with zero attached hydrogens (tertiary/aromatic N) is 1. The molecule has 0 bridgehead atoms. The lowest BCUT2D eigenvalue weighted by Crippen LogP contribution is -2.14. The molecule has 0 aliphatic carbocycles. The first kappa shape index (κ1) is 18.3. The van der Waals surface area contributed by atoms with Gasteiger partial charge < -0.3 is 9.47 Å². The maximum atomic E-state index is 10.7. The van der Waals surface area contributed by atoms with Gasteiger partial charge in [0.2, 0.25) is 0 Å². The highest BCUT2D eigenvalue weighted by Gasteiger charge is 2.22. The predicted molar refractivity (Wildman–Crippen MR) is 96.8 cm³/mol. The van der Waals surface area contributed by atoms with Crippen LogP contribution in [-0.2, 0) is 12.0 Å². The zero-order valence-electron chi connectivity index (χ0n) is 14.1. The Hall–Kier alpha value is -2.08. The quantitative estimate of drug-likeness (QED) is 0.514. The minimum Gasteiger partial charge on any atom is -0.496 e. The molecule has 0 amide bonds. The van der Waals surface area contributed by atoms with Gasteiger partial charge in [0.15, 0.2) is 0 Å². The Morgan fingerprint density at radius 3 is 2.29 bits per heavy atom. The topological polar surface area (TPSA) is 61.6 Å². The minimum atomic E-state index is -0.434. The van der Waals surface area contributed by atoms with E-state index < -0.39 is 4.92 Å². The molecule has 0 atom stereocenters. The summed E-state index contributed by atoms with van der Waals surface area (Å²) in [7, 11) is 1.65. The first-order valence-electron chi connectivity index (χ1n) is 7.46. The van der Waals surface area contributed by atoms with Crippen molar-refractivity contribution in [2.75, 3.05) is 7.11 Å². The fraction of sp³-hybridized carbons (Fsp3) is 0.333. The molecule has 128 valence electrons. The number of methoxy groups -OCH3 is 1. The van der Waals surface area contributed by atoms with E-state index in [9.17, 15) is 10.1 Å². The van der Waals surface area contributed by atoms with Crippen LogP contribution in [0.2, 0.25) is 0 Å². The van der Waals surface area contributed by atoms with Crippen LogP contribution in [0, 0.1) is 10.1 Å². The van der Waals surface area contributed by atoms with Crippen molar-refractivity contribution in [2.45, 2.75) is 32.8 Å². The molecule has 0 saturated carbocycles. The molecule has 0 aliphatic heterocycles. The Balaban J connectivity index is 2.26. The molecule has 0 heterocycles. The van der Waals surface area contributed by atoms with Gasteiger partial charge >= 0.3 is 0 Å². The van der Waals surface area contributed by atoms with Gasteiger partial charge in [-0.05, 0) is 29.7 Å². The van der Waals surface area contributed by atoms with E-state index in [1.165, 1.54) is 12.1 Å². The Morgan fingerprint density at radius 1 is 1.17 bits per heavy atom. The molecular formula is C18H20BrNO4. The summed E-state index contributed by atoms with van der Waals surface area (Å²) in [6.07, 6.45) is 0. The van der Waals surface area contributed by atoms with E-state index in [1.54, 1.807) is 19.2 Å². The molecule has 0 spiro atoms. The van der Waals surface area contributed by atoms with Gasteiger partial charge in [0.25, 0.3) is 5.69 Å². The highest BCUT2D eigenvalue weighted by Crippen LogP contribution is 2.37. The average molecular weight is 394 g/mol. The third-order valence-corrected chi connectivity index (χ3v) is 4.04. The largest absolute Gasteiger partial charge is 0.496 e. The maximum absolute atomic E-state index is 10.7. The van der Waals surface area contributed by atoms with Crippen LogP contribution in [0.3, 0.4) is 0 Å². The number of hydrogen-bond acceptors (Lipinski definition) is 4. The van der Waals surface area contributed by atoms with E-state index in [0.29, 0.717) is 12.4 Å². The Labute approximate surface area is 149 Å². The van der Waals surface area contributed by atoms with Gasteiger partial charge in [-0.3, -0.25) is 10.1 Å². The van der Waals surface area contributed by atoms with Crippen molar-refractivity contribution in [3.8, 4) is 11.5 Å². The number of benzene rings is 2. The Morgan fingerprint density at radius 2 is 1.79 bits per heavy atom. The van der Waals surface area contributed by atoms with Gasteiger partial charge in [-0.25, -0.2) is 0 Å². The van der Waals surface area contributed by atoms with E-state index in [1.807, 2.05) is 12.1 Å². The molecule has 6 heteroatoms. The van der Waals surface area contributed by atoms with Crippen molar-refractivity contribution in [2.24, 2.45) is 0 Å². The van der Waals surface area contributed by atoms with Crippen molar-refractivity contribution in [1.29, 1.82) is 0 Å². The molecule has 0 fully saturated rings. The number of halogens is 1. The lowest BCUT2D eigenvalue weighted by Gasteiger charge is -2.24. The predicted octanol–water partition coefficient (Wildman–Crippen LogP) is 5.24. The minimum absolute atomic E-state index is 0.0393. The van der Waals surface area contributed by atoms with Crippen LogP contribution in [0.25, 0.3) is 0 Å².